The Labute approximate surface area is 107 Å². The van der Waals surface area contributed by atoms with Gasteiger partial charge in [0.05, 0.1) is 6.54 Å². The molecule has 0 aliphatic rings. The monoisotopic (exact) mass is 255 g/mol. The van der Waals surface area contributed by atoms with E-state index in [1.165, 1.54) is 0 Å². The van der Waals surface area contributed by atoms with Crippen molar-refractivity contribution in [3.63, 3.8) is 0 Å². The molecule has 0 saturated heterocycles. The number of carbonyl (C=O) groups is 1. The van der Waals surface area contributed by atoms with Crippen LogP contribution in [0.2, 0.25) is 0 Å². The summed E-state index contributed by atoms with van der Waals surface area (Å²) in [4.78, 5) is 15.3. The van der Waals surface area contributed by atoms with Crippen molar-refractivity contribution in [3.8, 4) is 0 Å². The Bertz CT molecular complexity index is 403. The molecule has 1 heterocycles. The van der Waals surface area contributed by atoms with Crippen molar-refractivity contribution in [2.75, 3.05) is 0 Å². The number of aliphatic carboxylic acids is 1. The molecular weight excluding hydrogens is 234 g/mol. The fourth-order valence-electron chi connectivity index (χ4n) is 1.43. The van der Waals surface area contributed by atoms with Gasteiger partial charge in [-0.1, -0.05) is 25.9 Å². The number of rotatable bonds is 7. The molecule has 0 saturated carbocycles. The Hall–Kier alpha value is -1.43. The summed E-state index contributed by atoms with van der Waals surface area (Å²) in [6.45, 7) is 7.88. The van der Waals surface area contributed by atoms with E-state index in [1.807, 2.05) is 6.92 Å². The molecule has 2 N–H and O–H groups in total. The van der Waals surface area contributed by atoms with Gasteiger partial charge < -0.3 is 9.63 Å². The van der Waals surface area contributed by atoms with Crippen molar-refractivity contribution in [2.24, 2.45) is 5.92 Å². The van der Waals surface area contributed by atoms with E-state index in [2.05, 4.69) is 29.3 Å². The zero-order chi connectivity index (χ0) is 13.8. The molecule has 1 aromatic rings. The van der Waals surface area contributed by atoms with Crippen molar-refractivity contribution < 1.29 is 14.4 Å². The second-order valence-electron chi connectivity index (χ2n) is 5.05. The van der Waals surface area contributed by atoms with Crippen LogP contribution in [-0.2, 0) is 17.8 Å². The van der Waals surface area contributed by atoms with E-state index in [0.29, 0.717) is 24.1 Å². The number of nitrogens with one attached hydrogen (secondary N) is 1. The van der Waals surface area contributed by atoms with Crippen molar-refractivity contribution in [1.29, 1.82) is 0 Å². The highest BCUT2D eigenvalue weighted by molar-refractivity contribution is 5.78. The highest BCUT2D eigenvalue weighted by Crippen LogP contribution is 2.11. The fraction of sp³-hybridized carbons (Fsp3) is 0.750. The molecule has 0 spiro atoms. The summed E-state index contributed by atoms with van der Waals surface area (Å²) in [6.07, 6.45) is 1.24. The van der Waals surface area contributed by atoms with E-state index in [0.717, 1.165) is 6.42 Å². The molecule has 1 unspecified atom stereocenters. The Morgan fingerprint density at radius 1 is 1.56 bits per heavy atom. The smallest absolute Gasteiger partial charge is 0.323 e. The van der Waals surface area contributed by atoms with E-state index < -0.39 is 11.5 Å². The van der Waals surface area contributed by atoms with Crippen molar-refractivity contribution in [3.05, 3.63) is 11.7 Å². The van der Waals surface area contributed by atoms with E-state index in [9.17, 15) is 4.79 Å². The van der Waals surface area contributed by atoms with Crippen molar-refractivity contribution >= 4 is 5.97 Å². The quantitative estimate of drug-likeness (QED) is 0.769. The Morgan fingerprint density at radius 2 is 2.22 bits per heavy atom. The van der Waals surface area contributed by atoms with Crippen LogP contribution in [0.3, 0.4) is 0 Å². The molecule has 6 nitrogen and oxygen atoms in total. The lowest BCUT2D eigenvalue weighted by Gasteiger charge is -2.23. The summed E-state index contributed by atoms with van der Waals surface area (Å²) in [5.74, 6) is 0.664. The van der Waals surface area contributed by atoms with Crippen LogP contribution in [-0.4, -0.2) is 26.8 Å². The average Bonchev–Trinajstić information content (AvgIpc) is 2.72. The largest absolute Gasteiger partial charge is 0.480 e. The van der Waals surface area contributed by atoms with Gasteiger partial charge in [0.2, 0.25) is 5.89 Å². The molecule has 6 heteroatoms. The van der Waals surface area contributed by atoms with E-state index in [-0.39, 0.29) is 6.54 Å². The zero-order valence-electron chi connectivity index (χ0n) is 11.4. The molecule has 0 bridgehead atoms. The van der Waals surface area contributed by atoms with Gasteiger partial charge in [0.25, 0.3) is 0 Å². The SMILES string of the molecule is CCC(C)(NCc1nc(CC(C)C)no1)C(=O)O. The molecule has 1 rings (SSSR count). The number of nitrogens with zero attached hydrogens (tertiary/aromatic N) is 2. The predicted molar refractivity (Wildman–Crippen MR) is 66.0 cm³/mol. The summed E-state index contributed by atoms with van der Waals surface area (Å²) in [6, 6.07) is 0. The van der Waals surface area contributed by atoms with Gasteiger partial charge in [-0.05, 0) is 19.3 Å². The number of hydrogen-bond acceptors (Lipinski definition) is 5. The van der Waals surface area contributed by atoms with Crippen molar-refractivity contribution in [1.82, 2.24) is 15.5 Å². The van der Waals surface area contributed by atoms with Crippen LogP contribution in [0.5, 0.6) is 0 Å². The Morgan fingerprint density at radius 3 is 2.72 bits per heavy atom. The standard InChI is InChI=1S/C12H21N3O3/c1-5-12(4,11(16)17)13-7-10-14-9(15-18-10)6-8(2)3/h8,13H,5-7H2,1-4H3,(H,16,17). The zero-order valence-corrected chi connectivity index (χ0v) is 11.4. The predicted octanol–water partition coefficient (Wildman–Crippen LogP) is 1.61. The Balaban J connectivity index is 2.58. The molecule has 0 amide bonds. The number of hydrogen-bond donors (Lipinski definition) is 2. The van der Waals surface area contributed by atoms with Crippen LogP contribution in [0.15, 0.2) is 4.52 Å². The Kier molecular flexibility index (Phi) is 4.84. The minimum absolute atomic E-state index is 0.266. The number of carboxylic acids is 1. The summed E-state index contributed by atoms with van der Waals surface area (Å²) >= 11 is 0. The first kappa shape index (κ1) is 14.6. The molecule has 1 aromatic heterocycles. The van der Waals surface area contributed by atoms with Gasteiger partial charge in [-0.2, -0.15) is 4.98 Å². The molecule has 0 aromatic carbocycles. The minimum Gasteiger partial charge on any atom is -0.480 e. The first-order chi connectivity index (χ1) is 8.37. The molecule has 18 heavy (non-hydrogen) atoms. The van der Waals surface area contributed by atoms with Crippen LogP contribution in [0, 0.1) is 5.92 Å². The highest BCUT2D eigenvalue weighted by Gasteiger charge is 2.30. The lowest BCUT2D eigenvalue weighted by Crippen LogP contribution is -2.48. The van der Waals surface area contributed by atoms with Gasteiger partial charge in [0.15, 0.2) is 5.82 Å². The number of aromatic nitrogens is 2. The molecule has 0 fully saturated rings. The average molecular weight is 255 g/mol. The summed E-state index contributed by atoms with van der Waals surface area (Å²) in [5.41, 5.74) is -0.966. The molecule has 1 atom stereocenters. The van der Waals surface area contributed by atoms with Gasteiger partial charge in [0.1, 0.15) is 5.54 Å². The molecule has 0 radical (unpaired) electrons. The molecule has 0 aliphatic carbocycles. The minimum atomic E-state index is -0.966. The van der Waals surface area contributed by atoms with Gasteiger partial charge in [-0.25, -0.2) is 0 Å². The van der Waals surface area contributed by atoms with Gasteiger partial charge in [0, 0.05) is 6.42 Å². The van der Waals surface area contributed by atoms with Gasteiger partial charge >= 0.3 is 5.97 Å². The van der Waals surface area contributed by atoms with Crippen LogP contribution in [0.1, 0.15) is 45.8 Å². The van der Waals surface area contributed by atoms with Gasteiger partial charge in [-0.15, -0.1) is 0 Å². The third kappa shape index (κ3) is 3.80. The maximum atomic E-state index is 11.1. The second kappa shape index (κ2) is 5.95. The highest BCUT2D eigenvalue weighted by atomic mass is 16.5. The first-order valence-electron chi connectivity index (χ1n) is 6.17. The van der Waals surface area contributed by atoms with Crippen LogP contribution < -0.4 is 5.32 Å². The van der Waals surface area contributed by atoms with Gasteiger partial charge in [-0.3, -0.25) is 10.1 Å². The normalized spacial score (nSPS) is 14.7. The second-order valence-corrected chi connectivity index (χ2v) is 5.05. The van der Waals surface area contributed by atoms with E-state index >= 15 is 0 Å². The fourth-order valence-corrected chi connectivity index (χ4v) is 1.43. The summed E-state index contributed by atoms with van der Waals surface area (Å²) in [5, 5.41) is 15.9. The summed E-state index contributed by atoms with van der Waals surface area (Å²) < 4.78 is 5.07. The molecule has 0 aliphatic heterocycles. The van der Waals surface area contributed by atoms with Crippen LogP contribution in [0.25, 0.3) is 0 Å². The lowest BCUT2D eigenvalue weighted by molar-refractivity contribution is -0.144. The maximum absolute atomic E-state index is 11.1. The molecule has 102 valence electrons. The van der Waals surface area contributed by atoms with E-state index in [1.54, 1.807) is 6.92 Å². The number of carboxylic acid groups (broad SMARTS) is 1. The first-order valence-corrected chi connectivity index (χ1v) is 6.17. The van der Waals surface area contributed by atoms with E-state index in [4.69, 9.17) is 9.63 Å². The molecular formula is C12H21N3O3. The topological polar surface area (TPSA) is 88.3 Å². The van der Waals surface area contributed by atoms with Crippen LogP contribution >= 0.6 is 0 Å². The van der Waals surface area contributed by atoms with Crippen molar-refractivity contribution in [2.45, 2.75) is 52.6 Å². The lowest BCUT2D eigenvalue weighted by atomic mass is 9.99. The van der Waals surface area contributed by atoms with Crippen LogP contribution in [0.4, 0.5) is 0 Å². The maximum Gasteiger partial charge on any atom is 0.323 e. The summed E-state index contributed by atoms with van der Waals surface area (Å²) in [7, 11) is 0. The third-order valence-corrected chi connectivity index (χ3v) is 2.91. The third-order valence-electron chi connectivity index (χ3n) is 2.91.